The first-order valence-corrected chi connectivity index (χ1v) is 13.8. The van der Waals surface area contributed by atoms with E-state index < -0.39 is 6.04 Å². The van der Waals surface area contributed by atoms with E-state index in [1.54, 1.807) is 17.0 Å². The molecule has 1 aromatic heterocycles. The van der Waals surface area contributed by atoms with Gasteiger partial charge in [-0.3, -0.25) is 14.5 Å². The molecule has 1 atom stereocenters. The van der Waals surface area contributed by atoms with Crippen LogP contribution in [0.4, 0.5) is 5.69 Å². The Morgan fingerprint density at radius 3 is 2.18 bits per heavy atom. The van der Waals surface area contributed by atoms with Crippen molar-refractivity contribution in [2.75, 3.05) is 26.2 Å². The molecule has 1 heterocycles. The van der Waals surface area contributed by atoms with Crippen molar-refractivity contribution in [2.24, 2.45) is 0 Å². The van der Waals surface area contributed by atoms with E-state index in [4.69, 9.17) is 14.2 Å². The normalized spacial score (nSPS) is 14.4. The Hall–Kier alpha value is -3.52. The van der Waals surface area contributed by atoms with Crippen LogP contribution in [0.5, 0.6) is 17.2 Å². The van der Waals surface area contributed by atoms with Crippen molar-refractivity contribution >= 4 is 28.8 Å². The van der Waals surface area contributed by atoms with Crippen LogP contribution < -0.4 is 24.4 Å². The van der Waals surface area contributed by atoms with E-state index in [1.807, 2.05) is 48.7 Å². The predicted octanol–water partition coefficient (Wildman–Crippen LogP) is 5.85. The minimum atomic E-state index is -0.944. The third-order valence-corrected chi connectivity index (χ3v) is 7.82. The number of amides is 2. The Labute approximate surface area is 228 Å². The van der Waals surface area contributed by atoms with Crippen LogP contribution in [-0.4, -0.2) is 39.2 Å². The second-order valence-electron chi connectivity index (χ2n) is 9.56. The first-order valence-electron chi connectivity index (χ1n) is 13.0. The fourth-order valence-corrected chi connectivity index (χ4v) is 5.69. The molecule has 0 unspecified atom stereocenters. The second-order valence-corrected chi connectivity index (χ2v) is 10.6. The lowest BCUT2D eigenvalue weighted by Crippen LogP contribution is -2.47. The maximum atomic E-state index is 14.1. The zero-order valence-corrected chi connectivity index (χ0v) is 23.3. The van der Waals surface area contributed by atoms with Gasteiger partial charge in [0, 0.05) is 16.6 Å². The van der Waals surface area contributed by atoms with E-state index in [-0.39, 0.29) is 24.3 Å². The third kappa shape index (κ3) is 6.30. The summed E-state index contributed by atoms with van der Waals surface area (Å²) in [5, 5.41) is 5.20. The molecule has 0 spiro atoms. The number of hydrogen-bond donors (Lipinski definition) is 1. The largest absolute Gasteiger partial charge is 0.493 e. The molecule has 3 aromatic rings. The molecule has 7 nitrogen and oxygen atoms in total. The van der Waals surface area contributed by atoms with Crippen LogP contribution in [0.2, 0.25) is 0 Å². The lowest BCUT2D eigenvalue weighted by molar-refractivity contribution is -0.127. The van der Waals surface area contributed by atoms with Crippen molar-refractivity contribution in [3.63, 3.8) is 0 Å². The summed E-state index contributed by atoms with van der Waals surface area (Å²) in [6.07, 6.45) is 5.39. The van der Waals surface area contributed by atoms with Gasteiger partial charge >= 0.3 is 0 Å². The molecule has 2 aromatic carbocycles. The quantitative estimate of drug-likeness (QED) is 0.352. The van der Waals surface area contributed by atoms with Gasteiger partial charge in [0.25, 0.3) is 0 Å². The summed E-state index contributed by atoms with van der Waals surface area (Å²) in [6.45, 7) is 1.99. The summed E-state index contributed by atoms with van der Waals surface area (Å²) in [5.41, 5.74) is 2.29. The van der Waals surface area contributed by atoms with Gasteiger partial charge in [0.15, 0.2) is 11.5 Å². The van der Waals surface area contributed by atoms with Crippen LogP contribution in [0, 0.1) is 6.92 Å². The Balaban J connectivity index is 1.84. The first-order chi connectivity index (χ1) is 18.4. The Morgan fingerprint density at radius 1 is 0.974 bits per heavy atom. The van der Waals surface area contributed by atoms with E-state index in [0.29, 0.717) is 28.5 Å². The van der Waals surface area contributed by atoms with E-state index in [0.717, 1.165) is 36.1 Å². The average Bonchev–Trinajstić information content (AvgIpc) is 3.44. The first kappa shape index (κ1) is 27.5. The standard InChI is InChI=1S/C30H36N2O5S/c1-20-12-14-23(15-13-20)32(27(33)19-24-11-8-16-38-24)28(30(34)31-22-9-6-5-7-10-22)21-17-25(35-2)29(37-4)26(18-21)36-3/h8,11-18,22,28H,5-7,9-10,19H2,1-4H3,(H,31,34)/t28-/m0/s1. The van der Waals surface area contributed by atoms with E-state index in [2.05, 4.69) is 5.32 Å². The molecular weight excluding hydrogens is 500 g/mol. The Kier molecular flexibility index (Phi) is 9.29. The monoisotopic (exact) mass is 536 g/mol. The molecule has 1 aliphatic carbocycles. The highest BCUT2D eigenvalue weighted by atomic mass is 32.1. The molecule has 4 rings (SSSR count). The fraction of sp³-hybridized carbons (Fsp3) is 0.400. The van der Waals surface area contributed by atoms with Gasteiger partial charge in [0.2, 0.25) is 17.6 Å². The molecule has 0 aliphatic heterocycles. The number of benzene rings is 2. The molecular formula is C30H36N2O5S. The number of hydrogen-bond acceptors (Lipinski definition) is 6. The maximum absolute atomic E-state index is 14.1. The highest BCUT2D eigenvalue weighted by molar-refractivity contribution is 7.10. The molecule has 1 N–H and O–H groups in total. The van der Waals surface area contributed by atoms with Crippen molar-refractivity contribution in [3.05, 3.63) is 69.9 Å². The average molecular weight is 537 g/mol. The number of aryl methyl sites for hydroxylation is 1. The molecule has 0 radical (unpaired) electrons. The summed E-state index contributed by atoms with van der Waals surface area (Å²) < 4.78 is 16.7. The number of methoxy groups -OCH3 is 3. The number of nitrogens with one attached hydrogen (secondary N) is 1. The van der Waals surface area contributed by atoms with Gasteiger partial charge < -0.3 is 19.5 Å². The molecule has 1 aliphatic rings. The zero-order chi connectivity index (χ0) is 27.1. The summed E-state index contributed by atoms with van der Waals surface area (Å²) in [5.74, 6) is 0.871. The molecule has 1 saturated carbocycles. The number of ether oxygens (including phenoxy) is 3. The second kappa shape index (κ2) is 12.8. The van der Waals surface area contributed by atoms with Gasteiger partial charge in [-0.05, 0) is 61.0 Å². The minimum absolute atomic E-state index is 0.0769. The van der Waals surface area contributed by atoms with Crippen LogP contribution in [0.25, 0.3) is 0 Å². The highest BCUT2D eigenvalue weighted by Crippen LogP contribution is 2.42. The van der Waals surface area contributed by atoms with E-state index >= 15 is 0 Å². The van der Waals surface area contributed by atoms with Crippen molar-refractivity contribution in [3.8, 4) is 17.2 Å². The van der Waals surface area contributed by atoms with Gasteiger partial charge in [-0.25, -0.2) is 0 Å². The molecule has 202 valence electrons. The predicted molar refractivity (Wildman–Crippen MR) is 151 cm³/mol. The summed E-state index contributed by atoms with van der Waals surface area (Å²) in [6, 6.07) is 14.2. The van der Waals surface area contributed by atoms with Gasteiger partial charge in [-0.1, -0.05) is 43.0 Å². The number of rotatable bonds is 10. The van der Waals surface area contributed by atoms with E-state index in [9.17, 15) is 9.59 Å². The number of carbonyl (C=O) groups excluding carboxylic acids is 2. The number of nitrogens with zero attached hydrogens (tertiary/aromatic N) is 1. The third-order valence-electron chi connectivity index (χ3n) is 6.95. The van der Waals surface area contributed by atoms with Crippen molar-refractivity contribution < 1.29 is 23.8 Å². The number of thiophene rings is 1. The van der Waals surface area contributed by atoms with Gasteiger partial charge in [0.1, 0.15) is 6.04 Å². The van der Waals surface area contributed by atoms with Crippen LogP contribution in [0.15, 0.2) is 53.9 Å². The fourth-order valence-electron chi connectivity index (χ4n) is 4.99. The lowest BCUT2D eigenvalue weighted by atomic mass is 9.94. The summed E-state index contributed by atoms with van der Waals surface area (Å²) in [4.78, 5) is 30.7. The van der Waals surface area contributed by atoms with Crippen LogP contribution in [-0.2, 0) is 16.0 Å². The van der Waals surface area contributed by atoms with Crippen LogP contribution in [0.1, 0.15) is 54.1 Å². The smallest absolute Gasteiger partial charge is 0.248 e. The molecule has 8 heteroatoms. The molecule has 2 amide bonds. The lowest BCUT2D eigenvalue weighted by Gasteiger charge is -2.34. The van der Waals surface area contributed by atoms with Gasteiger partial charge in [-0.15, -0.1) is 11.3 Å². The number of carbonyl (C=O) groups is 2. The number of anilines is 1. The van der Waals surface area contributed by atoms with Crippen molar-refractivity contribution in [2.45, 2.75) is 57.5 Å². The van der Waals surface area contributed by atoms with Gasteiger partial charge in [0.05, 0.1) is 27.8 Å². The Bertz CT molecular complexity index is 1190. The maximum Gasteiger partial charge on any atom is 0.248 e. The summed E-state index contributed by atoms with van der Waals surface area (Å²) >= 11 is 1.52. The minimum Gasteiger partial charge on any atom is -0.493 e. The van der Waals surface area contributed by atoms with E-state index in [1.165, 1.54) is 39.1 Å². The molecule has 0 saturated heterocycles. The summed E-state index contributed by atoms with van der Waals surface area (Å²) in [7, 11) is 4.62. The van der Waals surface area contributed by atoms with Crippen LogP contribution in [0.3, 0.4) is 0 Å². The SMILES string of the molecule is COc1cc([C@@H](C(=O)NC2CCCCC2)N(C(=O)Cc2cccs2)c2ccc(C)cc2)cc(OC)c1OC. The van der Waals surface area contributed by atoms with Crippen LogP contribution >= 0.6 is 11.3 Å². The van der Waals surface area contributed by atoms with Crippen molar-refractivity contribution in [1.82, 2.24) is 5.32 Å². The Morgan fingerprint density at radius 2 is 1.63 bits per heavy atom. The highest BCUT2D eigenvalue weighted by Gasteiger charge is 2.35. The molecule has 38 heavy (non-hydrogen) atoms. The van der Waals surface area contributed by atoms with Crippen molar-refractivity contribution in [1.29, 1.82) is 0 Å². The van der Waals surface area contributed by atoms with Gasteiger partial charge in [-0.2, -0.15) is 0 Å². The topological polar surface area (TPSA) is 77.1 Å². The molecule has 1 fully saturated rings. The zero-order valence-electron chi connectivity index (χ0n) is 22.5. The molecule has 0 bridgehead atoms.